The topological polar surface area (TPSA) is 49.4 Å². The van der Waals surface area contributed by atoms with Crippen LogP contribution in [0.1, 0.15) is 38.1 Å². The average Bonchev–Trinajstić information content (AvgIpc) is 2.72. The van der Waals surface area contributed by atoms with Crippen molar-refractivity contribution < 1.29 is 14.0 Å². The molecule has 0 bridgehead atoms. The molecular formula is C16H21FN2O2S. The fourth-order valence-corrected chi connectivity index (χ4v) is 3.77. The van der Waals surface area contributed by atoms with Crippen molar-refractivity contribution in [2.75, 3.05) is 6.54 Å². The number of rotatable bonds is 5. The van der Waals surface area contributed by atoms with Gasteiger partial charge in [-0.25, -0.2) is 4.39 Å². The first-order chi connectivity index (χ1) is 10.4. The summed E-state index contributed by atoms with van der Waals surface area (Å²) in [6.45, 7) is 5.89. The van der Waals surface area contributed by atoms with Crippen LogP contribution < -0.4 is 5.32 Å². The highest BCUT2D eigenvalue weighted by Crippen LogP contribution is 2.43. The number of amides is 2. The lowest BCUT2D eigenvalue weighted by Crippen LogP contribution is -2.36. The predicted molar refractivity (Wildman–Crippen MR) is 85.8 cm³/mol. The monoisotopic (exact) mass is 324 g/mol. The largest absolute Gasteiger partial charge is 0.354 e. The van der Waals surface area contributed by atoms with Gasteiger partial charge in [0.25, 0.3) is 0 Å². The quantitative estimate of drug-likeness (QED) is 0.906. The molecule has 1 heterocycles. The predicted octanol–water partition coefficient (Wildman–Crippen LogP) is 2.70. The molecule has 4 nitrogen and oxygen atoms in total. The van der Waals surface area contributed by atoms with Crippen molar-refractivity contribution in [1.29, 1.82) is 0 Å². The summed E-state index contributed by atoms with van der Waals surface area (Å²) >= 11 is 1.42. The number of thioether (sulfide) groups is 1. The van der Waals surface area contributed by atoms with Gasteiger partial charge >= 0.3 is 0 Å². The molecule has 6 heteroatoms. The van der Waals surface area contributed by atoms with E-state index in [1.165, 1.54) is 17.8 Å². The molecule has 0 radical (unpaired) electrons. The SMILES string of the molecule is CC(C)NC(=O)CCN1C(=O)[C@@H](C)S[C@@H]1c1ccccc1F. The number of hydrogen-bond acceptors (Lipinski definition) is 3. The lowest BCUT2D eigenvalue weighted by Gasteiger charge is -2.24. The van der Waals surface area contributed by atoms with E-state index >= 15 is 0 Å². The highest BCUT2D eigenvalue weighted by atomic mass is 32.2. The normalized spacial score (nSPS) is 21.5. The minimum atomic E-state index is -0.365. The molecule has 2 atom stereocenters. The van der Waals surface area contributed by atoms with Gasteiger partial charge in [0.1, 0.15) is 11.2 Å². The maximum atomic E-state index is 14.0. The summed E-state index contributed by atoms with van der Waals surface area (Å²) < 4.78 is 14.0. The second-order valence-corrected chi connectivity index (χ2v) is 7.08. The van der Waals surface area contributed by atoms with Gasteiger partial charge < -0.3 is 10.2 Å². The Morgan fingerprint density at radius 2 is 2.09 bits per heavy atom. The Morgan fingerprint density at radius 3 is 2.73 bits per heavy atom. The zero-order chi connectivity index (χ0) is 16.3. The molecule has 0 aliphatic carbocycles. The summed E-state index contributed by atoms with van der Waals surface area (Å²) in [6.07, 6.45) is 0.224. The van der Waals surface area contributed by atoms with Crippen molar-refractivity contribution in [2.45, 2.75) is 43.9 Å². The summed E-state index contributed by atoms with van der Waals surface area (Å²) in [5, 5.41) is 2.21. The Kier molecular flexibility index (Phi) is 5.45. The second kappa shape index (κ2) is 7.13. The molecule has 1 aromatic rings. The average molecular weight is 324 g/mol. The number of carbonyl (C=O) groups is 2. The fourth-order valence-electron chi connectivity index (χ4n) is 2.43. The molecule has 1 aliphatic rings. The Hall–Kier alpha value is -1.56. The van der Waals surface area contributed by atoms with Crippen LogP contribution in [0.2, 0.25) is 0 Å². The van der Waals surface area contributed by atoms with E-state index in [0.29, 0.717) is 12.1 Å². The third-order valence-electron chi connectivity index (χ3n) is 3.45. The summed E-state index contributed by atoms with van der Waals surface area (Å²) in [5.41, 5.74) is 0.495. The van der Waals surface area contributed by atoms with E-state index in [-0.39, 0.29) is 40.7 Å². The summed E-state index contributed by atoms with van der Waals surface area (Å²) in [6, 6.07) is 6.55. The van der Waals surface area contributed by atoms with Crippen LogP contribution in [-0.2, 0) is 9.59 Å². The molecule has 1 N–H and O–H groups in total. The first kappa shape index (κ1) is 16.8. The third-order valence-corrected chi connectivity index (χ3v) is 4.82. The van der Waals surface area contributed by atoms with Crippen molar-refractivity contribution in [3.63, 3.8) is 0 Å². The molecule has 0 saturated carbocycles. The van der Waals surface area contributed by atoms with Crippen molar-refractivity contribution >= 4 is 23.6 Å². The molecule has 0 spiro atoms. The third kappa shape index (κ3) is 3.80. The first-order valence-electron chi connectivity index (χ1n) is 7.40. The van der Waals surface area contributed by atoms with Gasteiger partial charge in [-0.05, 0) is 26.8 Å². The number of carbonyl (C=O) groups excluding carboxylic acids is 2. The molecule has 22 heavy (non-hydrogen) atoms. The van der Waals surface area contributed by atoms with Gasteiger partial charge in [0.05, 0.1) is 5.25 Å². The molecule has 2 amide bonds. The van der Waals surface area contributed by atoms with Gasteiger partial charge in [-0.15, -0.1) is 11.8 Å². The van der Waals surface area contributed by atoms with Gasteiger partial charge in [-0.2, -0.15) is 0 Å². The molecule has 1 aromatic carbocycles. The van der Waals surface area contributed by atoms with Crippen LogP contribution in [0.5, 0.6) is 0 Å². The van der Waals surface area contributed by atoms with E-state index in [2.05, 4.69) is 5.32 Å². The van der Waals surface area contributed by atoms with Gasteiger partial charge in [0.2, 0.25) is 11.8 Å². The van der Waals surface area contributed by atoms with E-state index in [1.807, 2.05) is 20.8 Å². The first-order valence-corrected chi connectivity index (χ1v) is 8.34. The maximum absolute atomic E-state index is 14.0. The van der Waals surface area contributed by atoms with Gasteiger partial charge in [-0.1, -0.05) is 18.2 Å². The Labute approximate surface area is 134 Å². The number of nitrogens with one attached hydrogen (secondary N) is 1. The molecule has 2 rings (SSSR count). The van der Waals surface area contributed by atoms with Crippen molar-refractivity contribution in [1.82, 2.24) is 10.2 Å². The van der Waals surface area contributed by atoms with Crippen LogP contribution in [0.3, 0.4) is 0 Å². The van der Waals surface area contributed by atoms with Crippen LogP contribution in [0.15, 0.2) is 24.3 Å². The number of halogens is 1. The van der Waals surface area contributed by atoms with Crippen molar-refractivity contribution in [2.24, 2.45) is 0 Å². The molecular weight excluding hydrogens is 303 g/mol. The van der Waals surface area contributed by atoms with Gasteiger partial charge in [0, 0.05) is 24.6 Å². The van der Waals surface area contributed by atoms with Crippen LogP contribution in [0.25, 0.3) is 0 Å². The fraction of sp³-hybridized carbons (Fsp3) is 0.500. The van der Waals surface area contributed by atoms with Crippen LogP contribution >= 0.6 is 11.8 Å². The highest BCUT2D eigenvalue weighted by Gasteiger charge is 2.39. The number of benzene rings is 1. The van der Waals surface area contributed by atoms with Crippen LogP contribution in [0, 0.1) is 5.82 Å². The molecule has 1 aliphatic heterocycles. The summed E-state index contributed by atoms with van der Waals surface area (Å²) in [5.74, 6) is -0.464. The van der Waals surface area contributed by atoms with E-state index in [0.717, 1.165) is 0 Å². The van der Waals surface area contributed by atoms with Crippen molar-refractivity contribution in [3.8, 4) is 0 Å². The van der Waals surface area contributed by atoms with Gasteiger partial charge in [0.15, 0.2) is 0 Å². The van der Waals surface area contributed by atoms with E-state index in [4.69, 9.17) is 0 Å². The Bertz CT molecular complexity index is 565. The van der Waals surface area contributed by atoms with Gasteiger partial charge in [-0.3, -0.25) is 9.59 Å². The lowest BCUT2D eigenvalue weighted by molar-refractivity contribution is -0.130. The van der Waals surface area contributed by atoms with E-state index < -0.39 is 0 Å². The Balaban J connectivity index is 2.11. The molecule has 1 saturated heterocycles. The number of hydrogen-bond donors (Lipinski definition) is 1. The standard InChI is InChI=1S/C16H21FN2O2S/c1-10(2)18-14(20)8-9-19-15(21)11(3)22-16(19)12-6-4-5-7-13(12)17/h4-7,10-11,16H,8-9H2,1-3H3,(H,18,20)/t11-,16-/m1/s1. The molecule has 1 fully saturated rings. The summed E-state index contributed by atoms with van der Waals surface area (Å²) in [7, 11) is 0. The van der Waals surface area contributed by atoms with Crippen LogP contribution in [-0.4, -0.2) is 34.6 Å². The zero-order valence-electron chi connectivity index (χ0n) is 13.0. The molecule has 120 valence electrons. The molecule has 0 unspecified atom stereocenters. The minimum Gasteiger partial charge on any atom is -0.354 e. The number of nitrogens with zero attached hydrogens (tertiary/aromatic N) is 1. The van der Waals surface area contributed by atoms with E-state index in [9.17, 15) is 14.0 Å². The lowest BCUT2D eigenvalue weighted by atomic mass is 10.2. The highest BCUT2D eigenvalue weighted by molar-refractivity contribution is 8.01. The molecule has 0 aromatic heterocycles. The van der Waals surface area contributed by atoms with Crippen LogP contribution in [0.4, 0.5) is 4.39 Å². The maximum Gasteiger partial charge on any atom is 0.236 e. The zero-order valence-corrected chi connectivity index (χ0v) is 13.8. The van der Waals surface area contributed by atoms with Crippen molar-refractivity contribution in [3.05, 3.63) is 35.6 Å². The smallest absolute Gasteiger partial charge is 0.236 e. The summed E-state index contributed by atoms with van der Waals surface area (Å²) in [4.78, 5) is 25.7. The second-order valence-electron chi connectivity index (χ2n) is 5.66. The minimum absolute atomic E-state index is 0.0457. The Morgan fingerprint density at radius 1 is 1.41 bits per heavy atom. The van der Waals surface area contributed by atoms with E-state index in [1.54, 1.807) is 23.1 Å².